The molecule has 3 heteroatoms. The Hall–Kier alpha value is -0.120. The summed E-state index contributed by atoms with van der Waals surface area (Å²) in [5.74, 6) is 0. The molecule has 1 unspecified atom stereocenters. The van der Waals surface area contributed by atoms with Gasteiger partial charge in [0.2, 0.25) is 0 Å². The lowest BCUT2D eigenvalue weighted by molar-refractivity contribution is 0.732. The highest BCUT2D eigenvalue weighted by atomic mass is 79.9. The fourth-order valence-corrected chi connectivity index (χ4v) is 2.37. The van der Waals surface area contributed by atoms with Crippen molar-refractivity contribution in [2.45, 2.75) is 19.9 Å². The lowest BCUT2D eigenvalue weighted by atomic mass is 10.3. The normalized spacial score (nSPS) is 13.8. The van der Waals surface area contributed by atoms with Crippen LogP contribution in [0.2, 0.25) is 0 Å². The minimum absolute atomic E-state index is 0.432. The second-order valence-corrected chi connectivity index (χ2v) is 5.13. The predicted octanol–water partition coefficient (Wildman–Crippen LogP) is 3.44. The third kappa shape index (κ3) is 3.25. The number of thiophene rings is 1. The molecule has 0 saturated heterocycles. The van der Waals surface area contributed by atoms with E-state index < -0.39 is 0 Å². The SMILES string of the molecule is CNC(C)/C=C/c1cc(Br)c(C)s1. The molecule has 72 valence electrons. The molecule has 1 heterocycles. The number of halogens is 1. The van der Waals surface area contributed by atoms with Crippen LogP contribution >= 0.6 is 27.3 Å². The number of rotatable bonds is 3. The van der Waals surface area contributed by atoms with E-state index in [1.807, 2.05) is 7.05 Å². The zero-order chi connectivity index (χ0) is 9.84. The van der Waals surface area contributed by atoms with Crippen molar-refractivity contribution in [3.8, 4) is 0 Å². The van der Waals surface area contributed by atoms with Crippen molar-refractivity contribution in [1.29, 1.82) is 0 Å². The van der Waals surface area contributed by atoms with E-state index in [1.165, 1.54) is 14.2 Å². The molecule has 0 aliphatic carbocycles. The van der Waals surface area contributed by atoms with Crippen molar-refractivity contribution in [2.24, 2.45) is 0 Å². The first-order chi connectivity index (χ1) is 6.13. The first kappa shape index (κ1) is 11.0. The molecular formula is C10H14BrNS. The van der Waals surface area contributed by atoms with Crippen molar-refractivity contribution in [3.63, 3.8) is 0 Å². The number of hydrogen-bond acceptors (Lipinski definition) is 2. The van der Waals surface area contributed by atoms with Gasteiger partial charge in [0.25, 0.3) is 0 Å². The molecule has 1 aromatic heterocycles. The Labute approximate surface area is 92.0 Å². The first-order valence-corrected chi connectivity index (χ1v) is 5.86. The maximum atomic E-state index is 3.50. The molecule has 0 aliphatic rings. The Morgan fingerprint density at radius 2 is 2.31 bits per heavy atom. The predicted molar refractivity (Wildman–Crippen MR) is 64.3 cm³/mol. The lowest BCUT2D eigenvalue weighted by Gasteiger charge is -2.00. The fourth-order valence-electron chi connectivity index (χ4n) is 0.899. The van der Waals surface area contributed by atoms with Gasteiger partial charge in [-0.2, -0.15) is 0 Å². The van der Waals surface area contributed by atoms with Gasteiger partial charge in [-0.1, -0.05) is 6.08 Å². The van der Waals surface area contributed by atoms with Crippen LogP contribution in [0.4, 0.5) is 0 Å². The summed E-state index contributed by atoms with van der Waals surface area (Å²) in [6.45, 7) is 4.25. The lowest BCUT2D eigenvalue weighted by Crippen LogP contribution is -2.17. The van der Waals surface area contributed by atoms with Gasteiger partial charge < -0.3 is 5.32 Å². The van der Waals surface area contributed by atoms with Crippen molar-refractivity contribution >= 4 is 33.3 Å². The van der Waals surface area contributed by atoms with Gasteiger partial charge in [-0.3, -0.25) is 0 Å². The molecule has 1 N–H and O–H groups in total. The van der Waals surface area contributed by atoms with E-state index in [0.717, 1.165) is 0 Å². The first-order valence-electron chi connectivity index (χ1n) is 4.25. The Morgan fingerprint density at radius 1 is 1.62 bits per heavy atom. The van der Waals surface area contributed by atoms with Crippen LogP contribution in [0.25, 0.3) is 6.08 Å². The quantitative estimate of drug-likeness (QED) is 0.877. The van der Waals surface area contributed by atoms with Crippen LogP contribution in [0, 0.1) is 6.92 Å². The molecular weight excluding hydrogens is 246 g/mol. The molecule has 0 aromatic carbocycles. The van der Waals surface area contributed by atoms with Gasteiger partial charge in [-0.05, 0) is 49.0 Å². The number of nitrogens with one attached hydrogen (secondary N) is 1. The second-order valence-electron chi connectivity index (χ2n) is 2.99. The van der Waals surface area contributed by atoms with Crippen LogP contribution in [0.3, 0.4) is 0 Å². The molecule has 13 heavy (non-hydrogen) atoms. The molecule has 0 spiro atoms. The van der Waals surface area contributed by atoms with Crippen LogP contribution in [0.15, 0.2) is 16.6 Å². The maximum absolute atomic E-state index is 3.50. The van der Waals surface area contributed by atoms with Crippen molar-refractivity contribution < 1.29 is 0 Å². The smallest absolute Gasteiger partial charge is 0.0317 e. The van der Waals surface area contributed by atoms with Crippen LogP contribution in [-0.4, -0.2) is 13.1 Å². The molecule has 0 saturated carbocycles. The standard InChI is InChI=1S/C10H14BrNS/c1-7(12-3)4-5-9-6-10(11)8(2)13-9/h4-7,12H,1-3H3/b5-4+. The van der Waals surface area contributed by atoms with Crippen LogP contribution < -0.4 is 5.32 Å². The second kappa shape index (κ2) is 4.94. The van der Waals surface area contributed by atoms with Crippen LogP contribution in [-0.2, 0) is 0 Å². The highest BCUT2D eigenvalue weighted by Gasteiger charge is 1.99. The number of aryl methyl sites for hydroxylation is 1. The Bertz CT molecular complexity index is 284. The zero-order valence-electron chi connectivity index (χ0n) is 8.10. The van der Waals surface area contributed by atoms with Crippen molar-refractivity contribution in [3.05, 3.63) is 26.4 Å². The summed E-state index contributed by atoms with van der Waals surface area (Å²) < 4.78 is 1.20. The van der Waals surface area contributed by atoms with Crippen molar-refractivity contribution in [2.75, 3.05) is 7.05 Å². The summed E-state index contributed by atoms with van der Waals surface area (Å²) >= 11 is 5.31. The third-order valence-corrected chi connectivity index (χ3v) is 3.98. The minimum Gasteiger partial charge on any atom is -0.314 e. The minimum atomic E-state index is 0.432. The molecule has 0 aliphatic heterocycles. The van der Waals surface area contributed by atoms with E-state index in [1.54, 1.807) is 11.3 Å². The van der Waals surface area contributed by atoms with Gasteiger partial charge in [-0.15, -0.1) is 11.3 Å². The average molecular weight is 260 g/mol. The van der Waals surface area contributed by atoms with E-state index in [9.17, 15) is 0 Å². The summed E-state index contributed by atoms with van der Waals surface area (Å²) in [4.78, 5) is 2.63. The van der Waals surface area contributed by atoms with E-state index in [-0.39, 0.29) is 0 Å². The molecule has 1 aromatic rings. The van der Waals surface area contributed by atoms with Gasteiger partial charge in [0.05, 0.1) is 0 Å². The van der Waals surface area contributed by atoms with Gasteiger partial charge in [0.15, 0.2) is 0 Å². The Morgan fingerprint density at radius 3 is 2.77 bits per heavy atom. The maximum Gasteiger partial charge on any atom is 0.0317 e. The van der Waals surface area contributed by atoms with Gasteiger partial charge in [0.1, 0.15) is 0 Å². The van der Waals surface area contributed by atoms with Crippen molar-refractivity contribution in [1.82, 2.24) is 5.32 Å². The molecule has 0 bridgehead atoms. The Balaban J connectivity index is 2.69. The number of hydrogen-bond donors (Lipinski definition) is 1. The molecule has 0 radical (unpaired) electrons. The fraction of sp³-hybridized carbons (Fsp3) is 0.400. The highest BCUT2D eigenvalue weighted by Crippen LogP contribution is 2.27. The van der Waals surface area contributed by atoms with Gasteiger partial charge in [0, 0.05) is 20.3 Å². The van der Waals surface area contributed by atoms with Crippen LogP contribution in [0.1, 0.15) is 16.7 Å². The molecule has 1 nitrogen and oxygen atoms in total. The molecule has 0 fully saturated rings. The molecule has 1 rings (SSSR count). The molecule has 1 atom stereocenters. The summed E-state index contributed by atoms with van der Waals surface area (Å²) in [5.41, 5.74) is 0. The summed E-state index contributed by atoms with van der Waals surface area (Å²) in [5, 5.41) is 3.16. The van der Waals surface area contributed by atoms with Gasteiger partial charge in [-0.25, -0.2) is 0 Å². The summed E-state index contributed by atoms with van der Waals surface area (Å²) in [6.07, 6.45) is 4.32. The van der Waals surface area contributed by atoms with Gasteiger partial charge >= 0.3 is 0 Å². The topological polar surface area (TPSA) is 12.0 Å². The monoisotopic (exact) mass is 259 g/mol. The van der Waals surface area contributed by atoms with E-state index >= 15 is 0 Å². The highest BCUT2D eigenvalue weighted by molar-refractivity contribution is 9.10. The van der Waals surface area contributed by atoms with Crippen LogP contribution in [0.5, 0.6) is 0 Å². The Kier molecular flexibility index (Phi) is 4.16. The summed E-state index contributed by atoms with van der Waals surface area (Å²) in [6, 6.07) is 2.58. The zero-order valence-corrected chi connectivity index (χ0v) is 10.5. The van der Waals surface area contributed by atoms with E-state index in [4.69, 9.17) is 0 Å². The average Bonchev–Trinajstić information content (AvgIpc) is 2.42. The number of likely N-dealkylation sites (N-methyl/N-ethyl adjacent to an activating group) is 1. The summed E-state index contributed by atoms with van der Waals surface area (Å²) in [7, 11) is 1.96. The largest absolute Gasteiger partial charge is 0.314 e. The van der Waals surface area contributed by atoms with E-state index in [0.29, 0.717) is 6.04 Å². The van der Waals surface area contributed by atoms with E-state index in [2.05, 4.69) is 53.3 Å². The molecule has 0 amide bonds. The third-order valence-electron chi connectivity index (χ3n) is 1.88.